The third-order valence-electron chi connectivity index (χ3n) is 12.8. The number of phosphoric ester groups is 1. The minimum Gasteiger partial charge on any atom is -0.456 e. The number of quaternary nitrogens is 1. The molecular weight excluding hydrogens is 880 g/mol. The summed E-state index contributed by atoms with van der Waals surface area (Å²) in [6.07, 6.45) is 59.5. The summed E-state index contributed by atoms with van der Waals surface area (Å²) in [7, 11) is 1.49. The lowest BCUT2D eigenvalue weighted by atomic mass is 10.0. The zero-order valence-corrected chi connectivity index (χ0v) is 47.0. The molecule has 404 valence electrons. The van der Waals surface area contributed by atoms with Crippen LogP contribution in [0, 0.1) is 0 Å². The maximum atomic E-state index is 13.5. The van der Waals surface area contributed by atoms with Gasteiger partial charge in [-0.15, -0.1) is 0 Å². The van der Waals surface area contributed by atoms with E-state index in [4.69, 9.17) is 13.8 Å². The fraction of sp³-hybridized carbons (Fsp3) is 0.831. The number of hydrogen-bond acceptors (Lipinski definition) is 6. The maximum absolute atomic E-state index is 13.5. The predicted octanol–water partition coefficient (Wildman–Crippen LogP) is 17.3. The predicted molar refractivity (Wildman–Crippen MR) is 295 cm³/mol. The molecule has 0 fully saturated rings. The molecule has 2 N–H and O–H groups in total. The molecule has 0 bridgehead atoms. The highest BCUT2D eigenvalue weighted by molar-refractivity contribution is 7.47. The molecule has 3 atom stereocenters. The molecule has 0 rings (SSSR count). The Bertz CT molecular complexity index is 1330. The summed E-state index contributed by atoms with van der Waals surface area (Å²) >= 11 is 0. The highest BCUT2D eigenvalue weighted by atomic mass is 31.2. The van der Waals surface area contributed by atoms with Gasteiger partial charge in [0.05, 0.1) is 33.8 Å². The van der Waals surface area contributed by atoms with Gasteiger partial charge in [0, 0.05) is 12.8 Å². The quantitative estimate of drug-likeness (QED) is 0.0156. The number of phosphoric acid groups is 1. The number of rotatable bonds is 52. The first kappa shape index (κ1) is 67.0. The van der Waals surface area contributed by atoms with Gasteiger partial charge in [0.2, 0.25) is 5.91 Å². The molecule has 1 amide bonds. The zero-order chi connectivity index (χ0) is 50.8. The second kappa shape index (κ2) is 49.5. The summed E-state index contributed by atoms with van der Waals surface area (Å²) in [4.78, 5) is 37.6. The first-order valence-corrected chi connectivity index (χ1v) is 30.5. The molecule has 3 unspecified atom stereocenters. The SMILES string of the molecule is CCCCC/C=C/C=C/CCCCCCCCC(=O)OC(/C=C/CCCCCCCCCCCCC)C(COP(=O)(O)OCC[N+](C)(C)C)NC(=O)CCCCCCCCC/C=C\CCCCCC. The minimum absolute atomic E-state index is 0.0374. The molecule has 0 aromatic heterocycles. The van der Waals surface area contributed by atoms with Gasteiger partial charge in [-0.2, -0.15) is 0 Å². The fourth-order valence-corrected chi connectivity index (χ4v) is 8.95. The Labute approximate surface area is 427 Å². The number of unbranched alkanes of at least 4 members (excludes halogenated alkanes) is 31. The van der Waals surface area contributed by atoms with E-state index < -0.39 is 20.0 Å². The Morgan fingerprint density at radius 2 is 0.884 bits per heavy atom. The van der Waals surface area contributed by atoms with Gasteiger partial charge in [-0.3, -0.25) is 18.6 Å². The van der Waals surface area contributed by atoms with Crippen LogP contribution in [0.3, 0.4) is 0 Å². The largest absolute Gasteiger partial charge is 0.472 e. The number of esters is 1. The summed E-state index contributed by atoms with van der Waals surface area (Å²) in [5.74, 6) is -0.519. The van der Waals surface area contributed by atoms with Gasteiger partial charge in [-0.1, -0.05) is 217 Å². The van der Waals surface area contributed by atoms with Crippen molar-refractivity contribution in [3.8, 4) is 0 Å². The average molecular weight is 993 g/mol. The summed E-state index contributed by atoms with van der Waals surface area (Å²) in [6.45, 7) is 6.97. The molecule has 10 heteroatoms. The van der Waals surface area contributed by atoms with Crippen LogP contribution in [0.15, 0.2) is 48.6 Å². The Morgan fingerprint density at radius 3 is 1.36 bits per heavy atom. The van der Waals surface area contributed by atoms with Crippen LogP contribution >= 0.6 is 7.82 Å². The van der Waals surface area contributed by atoms with Crippen molar-refractivity contribution in [2.24, 2.45) is 0 Å². The smallest absolute Gasteiger partial charge is 0.456 e. The van der Waals surface area contributed by atoms with Crippen LogP contribution in [-0.4, -0.2) is 74.3 Å². The average Bonchev–Trinajstić information content (AvgIpc) is 3.31. The Morgan fingerprint density at radius 1 is 0.507 bits per heavy atom. The van der Waals surface area contributed by atoms with Gasteiger partial charge in [0.25, 0.3) is 0 Å². The number of hydrogen-bond donors (Lipinski definition) is 2. The maximum Gasteiger partial charge on any atom is 0.472 e. The number of allylic oxidation sites excluding steroid dienone is 7. The molecule has 0 aliphatic carbocycles. The van der Waals surface area contributed by atoms with Crippen LogP contribution in [-0.2, 0) is 27.9 Å². The molecule has 0 aromatic carbocycles. The van der Waals surface area contributed by atoms with Gasteiger partial charge in [0.1, 0.15) is 19.3 Å². The van der Waals surface area contributed by atoms with Crippen LogP contribution in [0.1, 0.15) is 265 Å². The van der Waals surface area contributed by atoms with E-state index >= 15 is 0 Å². The van der Waals surface area contributed by atoms with Crippen LogP contribution in [0.2, 0.25) is 0 Å². The number of likely N-dealkylation sites (N-methyl/N-ethyl adjacent to an activating group) is 1. The molecule has 0 heterocycles. The molecule has 69 heavy (non-hydrogen) atoms. The highest BCUT2D eigenvalue weighted by Crippen LogP contribution is 2.43. The van der Waals surface area contributed by atoms with E-state index in [1.165, 1.54) is 141 Å². The van der Waals surface area contributed by atoms with Crippen LogP contribution in [0.4, 0.5) is 0 Å². The van der Waals surface area contributed by atoms with E-state index in [0.717, 1.165) is 89.9 Å². The van der Waals surface area contributed by atoms with Gasteiger partial charge >= 0.3 is 13.8 Å². The van der Waals surface area contributed by atoms with Crippen molar-refractivity contribution in [3.63, 3.8) is 0 Å². The fourth-order valence-electron chi connectivity index (χ4n) is 8.22. The van der Waals surface area contributed by atoms with Crippen molar-refractivity contribution in [2.45, 2.75) is 277 Å². The number of ether oxygens (including phenoxy) is 1. The van der Waals surface area contributed by atoms with Crippen molar-refractivity contribution in [1.82, 2.24) is 5.32 Å². The second-order valence-electron chi connectivity index (χ2n) is 20.8. The van der Waals surface area contributed by atoms with Crippen molar-refractivity contribution >= 4 is 19.7 Å². The van der Waals surface area contributed by atoms with E-state index in [1.54, 1.807) is 0 Å². The lowest BCUT2D eigenvalue weighted by molar-refractivity contribution is -0.870. The zero-order valence-electron chi connectivity index (χ0n) is 46.1. The lowest BCUT2D eigenvalue weighted by Gasteiger charge is -2.27. The molecule has 0 aromatic rings. The first-order chi connectivity index (χ1) is 33.4. The van der Waals surface area contributed by atoms with E-state index in [9.17, 15) is 19.0 Å². The molecule has 0 aliphatic heterocycles. The van der Waals surface area contributed by atoms with Crippen LogP contribution in [0.25, 0.3) is 0 Å². The Balaban J connectivity index is 5.39. The second-order valence-corrected chi connectivity index (χ2v) is 22.3. The molecule has 0 aliphatic rings. The highest BCUT2D eigenvalue weighted by Gasteiger charge is 2.30. The van der Waals surface area contributed by atoms with Crippen molar-refractivity contribution < 1.29 is 37.3 Å². The molecule has 0 saturated heterocycles. The van der Waals surface area contributed by atoms with Crippen LogP contribution < -0.4 is 5.32 Å². The normalized spacial score (nSPS) is 14.1. The molecule has 9 nitrogen and oxygen atoms in total. The summed E-state index contributed by atoms with van der Waals surface area (Å²) < 4.78 is 30.6. The summed E-state index contributed by atoms with van der Waals surface area (Å²) in [5, 5.41) is 3.05. The van der Waals surface area contributed by atoms with Gasteiger partial charge in [-0.25, -0.2) is 4.57 Å². The van der Waals surface area contributed by atoms with E-state index in [1.807, 2.05) is 33.3 Å². The van der Waals surface area contributed by atoms with E-state index in [-0.39, 0.29) is 31.5 Å². The number of amides is 1. The first-order valence-electron chi connectivity index (χ1n) is 29.0. The monoisotopic (exact) mass is 992 g/mol. The summed E-state index contributed by atoms with van der Waals surface area (Å²) in [6, 6.07) is -0.853. The van der Waals surface area contributed by atoms with Gasteiger partial charge in [0.15, 0.2) is 0 Å². The van der Waals surface area contributed by atoms with Crippen LogP contribution in [0.5, 0.6) is 0 Å². The van der Waals surface area contributed by atoms with E-state index in [0.29, 0.717) is 17.4 Å². The standard InChI is InChI=1S/C59H111N2O7P/c1-7-10-13-16-19-22-25-28-30-33-36-39-42-45-48-51-58(62)60-56(55-67-69(64,65)66-54-53-61(4,5)6)57(50-47-44-41-38-35-32-27-24-21-18-15-12-9-3)68-59(63)52-49-46-43-40-37-34-31-29-26-23-20-17-14-11-8-2/h20,22-23,25-26,29,47,50,56-57H,7-19,21,24,27-28,30-46,48-49,51-55H2,1-6H3,(H-,60,62,64,65)/p+1/b23-20+,25-22-,29-26+,50-47+. The third-order valence-corrected chi connectivity index (χ3v) is 13.8. The topological polar surface area (TPSA) is 111 Å². The minimum atomic E-state index is -4.45. The number of nitrogens with one attached hydrogen (secondary N) is 1. The van der Waals surface area contributed by atoms with E-state index in [2.05, 4.69) is 62.5 Å². The molecule has 0 saturated carbocycles. The summed E-state index contributed by atoms with van der Waals surface area (Å²) in [5.41, 5.74) is 0. The van der Waals surface area contributed by atoms with Gasteiger partial charge in [-0.05, 0) is 83.1 Å². The van der Waals surface area contributed by atoms with Crippen molar-refractivity contribution in [3.05, 3.63) is 48.6 Å². The molecule has 0 radical (unpaired) electrons. The Hall–Kier alpha value is -2.03. The van der Waals surface area contributed by atoms with Crippen molar-refractivity contribution in [2.75, 3.05) is 40.9 Å². The number of carbonyl (C=O) groups excluding carboxylic acids is 2. The number of carbonyl (C=O) groups is 2. The number of nitrogens with zero attached hydrogens (tertiary/aromatic N) is 1. The Kier molecular flexibility index (Phi) is 48.1. The van der Waals surface area contributed by atoms with Gasteiger partial charge < -0.3 is 19.4 Å². The lowest BCUT2D eigenvalue weighted by Crippen LogP contribution is -2.47. The molecular formula is C59H112N2O7P+. The van der Waals surface area contributed by atoms with Crippen molar-refractivity contribution in [1.29, 1.82) is 0 Å². The third kappa shape index (κ3) is 50.7. The molecule has 0 spiro atoms.